The zero-order valence-corrected chi connectivity index (χ0v) is 16.0. The number of alkyl halides is 3. The van der Waals surface area contributed by atoms with Crippen LogP contribution < -0.4 is 9.46 Å². The molecule has 0 amide bonds. The van der Waals surface area contributed by atoms with Crippen molar-refractivity contribution in [2.45, 2.75) is 16.8 Å². The second-order valence-corrected chi connectivity index (χ2v) is 7.82. The highest BCUT2D eigenvalue weighted by atomic mass is 32.2. The van der Waals surface area contributed by atoms with Crippen molar-refractivity contribution >= 4 is 29.0 Å². The Morgan fingerprint density at radius 2 is 1.82 bits per heavy atom. The molecular weight excluding hydrogens is 411 g/mol. The van der Waals surface area contributed by atoms with Crippen molar-refractivity contribution in [3.05, 3.63) is 65.7 Å². The molecule has 2 aromatic carbocycles. The van der Waals surface area contributed by atoms with Crippen LogP contribution in [-0.2, 0) is 12.6 Å². The monoisotopic (exact) mass is 427 g/mol. The number of hydrogen-bond donors (Lipinski definition) is 3. The minimum Gasteiger partial charge on any atom is -0.507 e. The summed E-state index contributed by atoms with van der Waals surface area (Å²) in [5.41, 5.74) is 0.0806. The van der Waals surface area contributed by atoms with Gasteiger partial charge in [0.2, 0.25) is 0 Å². The fourth-order valence-electron chi connectivity index (χ4n) is 2.36. The maximum atomic E-state index is 12.7. The maximum absolute atomic E-state index is 12.7. The first-order valence-corrected chi connectivity index (χ1v) is 9.79. The number of hydrogen-bond acceptors (Lipinski definition) is 6. The Bertz CT molecular complexity index is 930. The highest BCUT2D eigenvalue weighted by molar-refractivity contribution is 8.02. The smallest absolute Gasteiger partial charge is 0.419 e. The first-order chi connectivity index (χ1) is 13.4. The van der Waals surface area contributed by atoms with Gasteiger partial charge in [-0.05, 0) is 42.3 Å². The molecule has 0 spiro atoms. The van der Waals surface area contributed by atoms with Gasteiger partial charge in [0.05, 0.1) is 9.77 Å². The van der Waals surface area contributed by atoms with Gasteiger partial charge in [-0.15, -0.1) is 0 Å². The van der Waals surface area contributed by atoms with Crippen molar-refractivity contribution in [1.82, 2.24) is 0 Å². The topological polar surface area (TPSA) is 61.7 Å². The summed E-state index contributed by atoms with van der Waals surface area (Å²) in [6, 6.07) is 14.2. The van der Waals surface area contributed by atoms with Gasteiger partial charge in [-0.25, -0.2) is 0 Å². The molecule has 28 heavy (non-hydrogen) atoms. The number of anilines is 1. The highest BCUT2D eigenvalue weighted by Crippen LogP contribution is 2.41. The number of aliphatic hydroxyl groups is 1. The maximum Gasteiger partial charge on any atom is 0.419 e. The van der Waals surface area contributed by atoms with Crippen LogP contribution in [0, 0.1) is 0 Å². The van der Waals surface area contributed by atoms with Crippen molar-refractivity contribution in [2.24, 2.45) is 0 Å². The molecule has 1 aromatic heterocycles. The lowest BCUT2D eigenvalue weighted by molar-refractivity contribution is -0.138. The van der Waals surface area contributed by atoms with E-state index in [1.165, 1.54) is 29.4 Å². The zero-order chi connectivity index (χ0) is 20.1. The number of halogens is 3. The van der Waals surface area contributed by atoms with Crippen LogP contribution in [0.15, 0.2) is 58.8 Å². The summed E-state index contributed by atoms with van der Waals surface area (Å²) in [4.78, 5) is 0. The number of para-hydroxylation sites is 1. The second kappa shape index (κ2) is 8.76. The van der Waals surface area contributed by atoms with Gasteiger partial charge in [-0.1, -0.05) is 29.5 Å². The highest BCUT2D eigenvalue weighted by Gasteiger charge is 2.33. The number of benzene rings is 2. The van der Waals surface area contributed by atoms with Crippen molar-refractivity contribution < 1.29 is 28.1 Å². The molecule has 3 N–H and O–H groups in total. The Morgan fingerprint density at radius 1 is 1.07 bits per heavy atom. The number of ether oxygens (including phenoxy) is 1. The zero-order valence-electron chi connectivity index (χ0n) is 14.4. The number of phenolic OH excluding ortho intramolecular Hbond substituents is 1. The predicted molar refractivity (Wildman–Crippen MR) is 104 cm³/mol. The molecule has 0 bridgehead atoms. The lowest BCUT2D eigenvalue weighted by Gasteiger charge is -2.10. The Kier molecular flexibility index (Phi) is 6.38. The summed E-state index contributed by atoms with van der Waals surface area (Å²) in [6.07, 6.45) is -4.19. The second-order valence-electron chi connectivity index (χ2n) is 5.70. The SMILES string of the molecule is OCCc1cc(SNc2ccc(C(F)(F)F)c(O)c2)sc1Oc1ccccc1. The van der Waals surface area contributed by atoms with Gasteiger partial charge in [0.25, 0.3) is 0 Å². The molecule has 4 nitrogen and oxygen atoms in total. The first kappa shape index (κ1) is 20.4. The summed E-state index contributed by atoms with van der Waals surface area (Å²) in [5, 5.41) is 19.5. The number of thiophene rings is 1. The van der Waals surface area contributed by atoms with Crippen molar-refractivity contribution in [1.29, 1.82) is 0 Å². The summed E-state index contributed by atoms with van der Waals surface area (Å²) in [5.74, 6) is -0.168. The third-order valence-corrected chi connectivity index (χ3v) is 5.66. The summed E-state index contributed by atoms with van der Waals surface area (Å²) >= 11 is 2.53. The van der Waals surface area contributed by atoms with Gasteiger partial charge in [-0.3, -0.25) is 0 Å². The van der Waals surface area contributed by atoms with Crippen LogP contribution in [0.2, 0.25) is 0 Å². The van der Waals surface area contributed by atoms with E-state index in [-0.39, 0.29) is 6.61 Å². The molecule has 148 valence electrons. The Balaban J connectivity index is 1.72. The van der Waals surface area contributed by atoms with Crippen LogP contribution in [0.1, 0.15) is 11.1 Å². The van der Waals surface area contributed by atoms with Crippen LogP contribution in [0.3, 0.4) is 0 Å². The average Bonchev–Trinajstić information content (AvgIpc) is 3.02. The van der Waals surface area contributed by atoms with Crippen LogP contribution in [0.4, 0.5) is 18.9 Å². The van der Waals surface area contributed by atoms with Gasteiger partial charge in [0.15, 0.2) is 5.06 Å². The molecule has 9 heteroatoms. The van der Waals surface area contributed by atoms with Crippen LogP contribution in [0.5, 0.6) is 16.6 Å². The molecule has 3 aromatic rings. The molecule has 0 aliphatic carbocycles. The molecule has 0 aliphatic heterocycles. The number of rotatable bonds is 7. The number of nitrogens with one attached hydrogen (secondary N) is 1. The number of aromatic hydroxyl groups is 1. The Hall–Kier alpha value is -2.36. The van der Waals surface area contributed by atoms with Crippen molar-refractivity contribution in [3.8, 4) is 16.6 Å². The quantitative estimate of drug-likeness (QED) is 0.409. The van der Waals surface area contributed by atoms with E-state index in [0.29, 0.717) is 22.9 Å². The van der Waals surface area contributed by atoms with Crippen molar-refractivity contribution in [2.75, 3.05) is 11.3 Å². The van der Waals surface area contributed by atoms with Crippen LogP contribution in [-0.4, -0.2) is 16.8 Å². The van der Waals surface area contributed by atoms with Gasteiger partial charge < -0.3 is 19.7 Å². The van der Waals surface area contributed by atoms with E-state index in [0.717, 1.165) is 21.9 Å². The molecule has 0 unspecified atom stereocenters. The summed E-state index contributed by atoms with van der Waals surface area (Å²) in [6.45, 7) is -0.0355. The van der Waals surface area contributed by atoms with E-state index < -0.39 is 17.5 Å². The van der Waals surface area contributed by atoms with Crippen LogP contribution >= 0.6 is 23.3 Å². The Labute approximate surface area is 167 Å². The normalized spacial score (nSPS) is 11.4. The van der Waals surface area contributed by atoms with Crippen LogP contribution in [0.25, 0.3) is 0 Å². The standard InChI is InChI=1S/C19H16F3NO3S2/c20-19(21,22)15-7-6-13(11-16(15)25)23-28-17-10-12(8-9-24)18(27-17)26-14-4-2-1-3-5-14/h1-7,10-11,23-25H,8-9H2. The molecule has 0 saturated heterocycles. The third-order valence-electron chi connectivity index (χ3n) is 3.66. The molecule has 1 heterocycles. The molecule has 0 fully saturated rings. The number of aliphatic hydroxyl groups excluding tert-OH is 1. The molecular formula is C19H16F3NO3S2. The van der Waals surface area contributed by atoms with Gasteiger partial charge in [-0.2, -0.15) is 13.2 Å². The molecule has 0 atom stereocenters. The molecule has 0 radical (unpaired) electrons. The van der Waals surface area contributed by atoms with Crippen molar-refractivity contribution in [3.63, 3.8) is 0 Å². The molecule has 3 rings (SSSR count). The van der Waals surface area contributed by atoms with E-state index in [4.69, 9.17) is 4.74 Å². The van der Waals surface area contributed by atoms with E-state index in [2.05, 4.69) is 4.72 Å². The molecule has 0 saturated carbocycles. The fraction of sp³-hybridized carbons (Fsp3) is 0.158. The Morgan fingerprint density at radius 3 is 2.46 bits per heavy atom. The van der Waals surface area contributed by atoms with Gasteiger partial charge >= 0.3 is 6.18 Å². The predicted octanol–water partition coefficient (Wildman–Crippen LogP) is 5.92. The third kappa shape index (κ3) is 5.12. The minimum atomic E-state index is -4.60. The average molecular weight is 427 g/mol. The first-order valence-electron chi connectivity index (χ1n) is 8.16. The van der Waals surface area contributed by atoms with E-state index in [9.17, 15) is 23.4 Å². The lowest BCUT2D eigenvalue weighted by Crippen LogP contribution is -2.05. The fourth-order valence-corrected chi connectivity index (χ4v) is 4.24. The van der Waals surface area contributed by atoms with Gasteiger partial charge in [0.1, 0.15) is 11.5 Å². The van der Waals surface area contributed by atoms with E-state index in [1.807, 2.05) is 36.4 Å². The lowest BCUT2D eigenvalue weighted by atomic mass is 10.2. The van der Waals surface area contributed by atoms with E-state index in [1.54, 1.807) is 0 Å². The largest absolute Gasteiger partial charge is 0.507 e. The summed E-state index contributed by atoms with van der Waals surface area (Å²) in [7, 11) is 0. The van der Waals surface area contributed by atoms with Gasteiger partial charge in [0, 0.05) is 30.3 Å². The molecule has 0 aliphatic rings. The summed E-state index contributed by atoms with van der Waals surface area (Å²) < 4.78 is 47.7. The number of phenols is 1. The van der Waals surface area contributed by atoms with E-state index >= 15 is 0 Å². The minimum absolute atomic E-state index is 0.0355.